The summed E-state index contributed by atoms with van der Waals surface area (Å²) in [6.45, 7) is 21.6. The predicted octanol–water partition coefficient (Wildman–Crippen LogP) is 7.63. The number of carbonyl (C=O) groups excluding carboxylic acids is 2. The number of rotatable bonds is 10. The van der Waals surface area contributed by atoms with Crippen LogP contribution in [0.25, 0.3) is 0 Å². The van der Waals surface area contributed by atoms with Gasteiger partial charge in [0.2, 0.25) is 5.75 Å². The molecule has 9 heteroatoms. The lowest BCUT2D eigenvalue weighted by atomic mass is 10.00. The van der Waals surface area contributed by atoms with Gasteiger partial charge in [-0.1, -0.05) is 41.5 Å². The SMILES string of the molecule is COc1ccc(C(=O)CC(=O)c2ccc(O[Si](C)(C)C(C)(C)C)c(O[Si](C)(C)C(C)(C)C)c2)c(O)c1OC. The van der Waals surface area contributed by atoms with Gasteiger partial charge in [0.15, 0.2) is 23.1 Å². The molecule has 1 N–H and O–H groups in total. The van der Waals surface area contributed by atoms with E-state index in [0.29, 0.717) is 17.1 Å². The minimum Gasteiger partial charge on any atom is -0.541 e. The second-order valence-electron chi connectivity index (χ2n) is 12.6. The first-order chi connectivity index (χ1) is 17.3. The van der Waals surface area contributed by atoms with E-state index in [1.165, 1.54) is 26.4 Å². The van der Waals surface area contributed by atoms with E-state index in [2.05, 4.69) is 67.7 Å². The summed E-state index contributed by atoms with van der Waals surface area (Å²) in [5.41, 5.74) is 0.334. The number of ketones is 2. The van der Waals surface area contributed by atoms with E-state index < -0.39 is 28.8 Å². The minimum absolute atomic E-state index is 0.00775. The molecular formula is C29H44O7Si2. The maximum atomic E-state index is 13.3. The highest BCUT2D eigenvalue weighted by Gasteiger charge is 2.42. The Labute approximate surface area is 229 Å². The molecule has 0 aliphatic rings. The van der Waals surface area contributed by atoms with Gasteiger partial charge in [0, 0.05) is 5.56 Å². The summed E-state index contributed by atoms with van der Waals surface area (Å²) >= 11 is 0. The highest BCUT2D eigenvalue weighted by Crippen LogP contribution is 2.44. The standard InChI is InChI=1S/C29H44O7Si2/c1-28(2,3)37(9,10)35-23-15-13-19(17-25(23)36-38(11,12)29(4,5)6)21(30)18-22(31)20-14-16-24(33-7)27(34-8)26(20)32/h13-17,32H,18H2,1-12H3. The molecule has 0 spiro atoms. The van der Waals surface area contributed by atoms with Crippen molar-refractivity contribution in [3.8, 4) is 28.7 Å². The van der Waals surface area contributed by atoms with Crippen LogP contribution < -0.4 is 18.3 Å². The maximum absolute atomic E-state index is 13.3. The van der Waals surface area contributed by atoms with E-state index in [0.717, 1.165) is 0 Å². The van der Waals surface area contributed by atoms with Crippen LogP contribution in [0.5, 0.6) is 28.7 Å². The van der Waals surface area contributed by atoms with Crippen molar-refractivity contribution in [2.24, 2.45) is 0 Å². The Morgan fingerprint density at radius 3 is 1.71 bits per heavy atom. The van der Waals surface area contributed by atoms with Crippen molar-refractivity contribution in [1.29, 1.82) is 0 Å². The molecule has 0 saturated carbocycles. The minimum atomic E-state index is -2.27. The Hall–Kier alpha value is -2.79. The molecule has 2 aromatic carbocycles. The lowest BCUT2D eigenvalue weighted by Crippen LogP contribution is -2.45. The first-order valence-corrected chi connectivity index (χ1v) is 18.6. The molecular weight excluding hydrogens is 516 g/mol. The number of phenolic OH excluding ortho intramolecular Hbond substituents is 1. The topological polar surface area (TPSA) is 91.3 Å². The molecule has 0 heterocycles. The predicted molar refractivity (Wildman–Crippen MR) is 157 cm³/mol. The summed E-state index contributed by atoms with van der Waals surface area (Å²) < 4.78 is 23.6. The summed E-state index contributed by atoms with van der Waals surface area (Å²) in [7, 11) is -1.66. The molecule has 0 amide bonds. The number of hydrogen-bond acceptors (Lipinski definition) is 7. The zero-order valence-corrected chi connectivity index (χ0v) is 27.0. The van der Waals surface area contributed by atoms with Crippen molar-refractivity contribution in [2.75, 3.05) is 14.2 Å². The molecule has 2 aromatic rings. The smallest absolute Gasteiger partial charge is 0.250 e. The summed E-state index contributed by atoms with van der Waals surface area (Å²) in [5.74, 6) is 0.200. The van der Waals surface area contributed by atoms with Gasteiger partial charge in [0.05, 0.1) is 26.2 Å². The first kappa shape index (κ1) is 31.4. The number of carbonyl (C=O) groups is 2. The van der Waals surface area contributed by atoms with Crippen LogP contribution in [0.2, 0.25) is 36.3 Å². The van der Waals surface area contributed by atoms with E-state index in [1.807, 2.05) is 0 Å². The van der Waals surface area contributed by atoms with Crippen molar-refractivity contribution in [3.63, 3.8) is 0 Å². The number of phenols is 1. The van der Waals surface area contributed by atoms with E-state index in [1.54, 1.807) is 18.2 Å². The molecule has 0 radical (unpaired) electrons. The summed E-state index contributed by atoms with van der Waals surface area (Å²) in [6.07, 6.45) is -0.426. The Morgan fingerprint density at radius 2 is 1.24 bits per heavy atom. The third-order valence-electron chi connectivity index (χ3n) is 7.75. The summed E-state index contributed by atoms with van der Waals surface area (Å²) in [5, 5.41) is 10.5. The quantitative estimate of drug-likeness (QED) is 0.181. The Bertz CT molecular complexity index is 1190. The third kappa shape index (κ3) is 6.80. The molecule has 0 atom stereocenters. The van der Waals surface area contributed by atoms with Crippen molar-refractivity contribution in [2.45, 2.75) is 84.2 Å². The van der Waals surface area contributed by atoms with E-state index >= 15 is 0 Å². The fraction of sp³-hybridized carbons (Fsp3) is 0.517. The maximum Gasteiger partial charge on any atom is 0.250 e. The van der Waals surface area contributed by atoms with Gasteiger partial charge in [-0.3, -0.25) is 9.59 Å². The monoisotopic (exact) mass is 560 g/mol. The van der Waals surface area contributed by atoms with Crippen LogP contribution in [-0.4, -0.2) is 47.5 Å². The fourth-order valence-corrected chi connectivity index (χ4v) is 5.22. The molecule has 7 nitrogen and oxygen atoms in total. The van der Waals surface area contributed by atoms with Crippen LogP contribution in [0.3, 0.4) is 0 Å². The van der Waals surface area contributed by atoms with E-state index in [4.69, 9.17) is 18.3 Å². The Morgan fingerprint density at radius 1 is 0.737 bits per heavy atom. The van der Waals surface area contributed by atoms with E-state index in [-0.39, 0.29) is 38.7 Å². The Kier molecular flexibility index (Phi) is 9.21. The van der Waals surface area contributed by atoms with Crippen LogP contribution in [0.15, 0.2) is 30.3 Å². The largest absolute Gasteiger partial charge is 0.541 e. The van der Waals surface area contributed by atoms with Gasteiger partial charge in [0.1, 0.15) is 11.5 Å². The van der Waals surface area contributed by atoms with Gasteiger partial charge in [0.25, 0.3) is 16.6 Å². The lowest BCUT2D eigenvalue weighted by Gasteiger charge is -2.39. The highest BCUT2D eigenvalue weighted by molar-refractivity contribution is 6.75. The van der Waals surface area contributed by atoms with Crippen molar-refractivity contribution in [1.82, 2.24) is 0 Å². The number of aromatic hydroxyl groups is 1. The molecule has 0 saturated heterocycles. The lowest BCUT2D eigenvalue weighted by molar-refractivity contribution is 0.0892. The zero-order chi connectivity index (χ0) is 29.3. The molecule has 0 aliphatic carbocycles. The van der Waals surface area contributed by atoms with Crippen LogP contribution in [0.4, 0.5) is 0 Å². The number of ether oxygens (including phenoxy) is 2. The zero-order valence-electron chi connectivity index (χ0n) is 25.0. The van der Waals surface area contributed by atoms with Gasteiger partial charge in [-0.15, -0.1) is 0 Å². The van der Waals surface area contributed by atoms with Crippen LogP contribution in [-0.2, 0) is 0 Å². The van der Waals surface area contributed by atoms with Crippen molar-refractivity contribution < 1.29 is 33.0 Å². The molecule has 210 valence electrons. The number of methoxy groups -OCH3 is 2. The number of benzene rings is 2. The van der Waals surface area contributed by atoms with Gasteiger partial charge >= 0.3 is 0 Å². The average Bonchev–Trinajstić information content (AvgIpc) is 2.77. The van der Waals surface area contributed by atoms with Gasteiger partial charge in [-0.05, 0) is 66.6 Å². The van der Waals surface area contributed by atoms with Gasteiger partial charge in [-0.2, -0.15) is 0 Å². The van der Waals surface area contributed by atoms with Crippen molar-refractivity contribution >= 4 is 28.2 Å². The van der Waals surface area contributed by atoms with Crippen LogP contribution in [0, 0.1) is 0 Å². The molecule has 2 rings (SSSR count). The third-order valence-corrected chi connectivity index (χ3v) is 16.4. The molecule has 38 heavy (non-hydrogen) atoms. The van der Waals surface area contributed by atoms with Crippen LogP contribution in [0.1, 0.15) is 68.7 Å². The molecule has 0 aliphatic heterocycles. The van der Waals surface area contributed by atoms with Crippen molar-refractivity contribution in [3.05, 3.63) is 41.5 Å². The second-order valence-corrected chi connectivity index (χ2v) is 22.1. The summed E-state index contributed by atoms with van der Waals surface area (Å²) in [4.78, 5) is 26.3. The Balaban J connectivity index is 2.46. The highest BCUT2D eigenvalue weighted by atomic mass is 28.4. The normalized spacial score (nSPS) is 12.6. The average molecular weight is 561 g/mol. The molecule has 0 fully saturated rings. The van der Waals surface area contributed by atoms with Gasteiger partial charge in [-0.25, -0.2) is 0 Å². The van der Waals surface area contributed by atoms with Gasteiger partial charge < -0.3 is 23.4 Å². The molecule has 0 aromatic heterocycles. The second kappa shape index (κ2) is 11.1. The first-order valence-electron chi connectivity index (χ1n) is 12.8. The van der Waals surface area contributed by atoms with Crippen LogP contribution >= 0.6 is 0 Å². The number of Topliss-reactive ketones (excluding diaryl/α,β-unsaturated/α-hetero) is 2. The van der Waals surface area contributed by atoms with E-state index in [9.17, 15) is 14.7 Å². The molecule has 0 unspecified atom stereocenters. The molecule has 0 bridgehead atoms. The fourth-order valence-electron chi connectivity index (χ4n) is 3.18. The summed E-state index contributed by atoms with van der Waals surface area (Å²) in [6, 6.07) is 8.08. The number of hydrogen-bond donors (Lipinski definition) is 1.